The summed E-state index contributed by atoms with van der Waals surface area (Å²) < 4.78 is 0. The fourth-order valence-electron chi connectivity index (χ4n) is 2.57. The van der Waals surface area contributed by atoms with Gasteiger partial charge in [0.1, 0.15) is 0 Å². The molecule has 2 aromatic rings. The molecule has 1 fully saturated rings. The Balaban J connectivity index is 0.00000243. The smallest absolute Gasteiger partial charge is 0.251 e. The van der Waals surface area contributed by atoms with Gasteiger partial charge in [-0.25, -0.2) is 0 Å². The minimum atomic E-state index is -0.147. The number of rotatable bonds is 6. The highest BCUT2D eigenvalue weighted by Crippen LogP contribution is 2.14. The maximum absolute atomic E-state index is 12.2. The van der Waals surface area contributed by atoms with E-state index in [4.69, 9.17) is 0 Å². The summed E-state index contributed by atoms with van der Waals surface area (Å²) in [6, 6.07) is 16.9. The average Bonchev–Trinajstić information content (AvgIpc) is 3.18. The molecule has 1 atom stereocenters. The fourth-order valence-corrected chi connectivity index (χ4v) is 3.51. The number of thioether (sulfide) groups is 1. The molecule has 0 radical (unpaired) electrons. The summed E-state index contributed by atoms with van der Waals surface area (Å²) in [6.07, 6.45) is 0.799. The van der Waals surface area contributed by atoms with E-state index in [0.29, 0.717) is 17.8 Å². The Morgan fingerprint density at radius 2 is 1.81 bits per heavy atom. The standard InChI is InChI=1S/C19H21N3O2S.ClH/c23-18(20-11-10-14-4-2-1-3-5-14)15-6-8-16(9-7-15)22-19(24)17-12-25-13-21-17;/h1-9,17,21H,10-13H2,(H,20,23)(H,22,24);1H. The van der Waals surface area contributed by atoms with Crippen molar-refractivity contribution in [2.24, 2.45) is 0 Å². The van der Waals surface area contributed by atoms with Crippen molar-refractivity contribution in [2.45, 2.75) is 12.5 Å². The highest BCUT2D eigenvalue weighted by Gasteiger charge is 2.22. The van der Waals surface area contributed by atoms with Crippen molar-refractivity contribution in [3.63, 3.8) is 0 Å². The maximum Gasteiger partial charge on any atom is 0.251 e. The van der Waals surface area contributed by atoms with Crippen LogP contribution in [0.2, 0.25) is 0 Å². The summed E-state index contributed by atoms with van der Waals surface area (Å²) in [7, 11) is 0. The summed E-state index contributed by atoms with van der Waals surface area (Å²) in [5.41, 5.74) is 2.48. The number of halogens is 1. The second kappa shape index (κ2) is 10.2. The number of carbonyl (C=O) groups excluding carboxylic acids is 2. The number of anilines is 1. The van der Waals surface area contributed by atoms with E-state index in [-0.39, 0.29) is 30.3 Å². The number of carbonyl (C=O) groups is 2. The van der Waals surface area contributed by atoms with Crippen LogP contribution in [0.15, 0.2) is 54.6 Å². The van der Waals surface area contributed by atoms with E-state index in [0.717, 1.165) is 18.1 Å². The lowest BCUT2D eigenvalue weighted by Crippen LogP contribution is -2.37. The van der Waals surface area contributed by atoms with Crippen LogP contribution in [-0.4, -0.2) is 36.0 Å². The Kier molecular flexibility index (Phi) is 7.97. The molecular weight excluding hydrogens is 370 g/mol. The molecule has 138 valence electrons. The molecule has 7 heteroatoms. The Hall–Kier alpha value is -2.02. The van der Waals surface area contributed by atoms with Crippen molar-refractivity contribution in [3.8, 4) is 0 Å². The van der Waals surface area contributed by atoms with E-state index in [9.17, 15) is 9.59 Å². The lowest BCUT2D eigenvalue weighted by atomic mass is 10.1. The zero-order valence-electron chi connectivity index (χ0n) is 14.2. The molecule has 0 aliphatic carbocycles. The highest BCUT2D eigenvalue weighted by atomic mass is 35.5. The molecule has 1 saturated heterocycles. The van der Waals surface area contributed by atoms with Crippen LogP contribution >= 0.6 is 24.2 Å². The number of hydrogen-bond acceptors (Lipinski definition) is 4. The van der Waals surface area contributed by atoms with Gasteiger partial charge in [0.15, 0.2) is 0 Å². The number of amides is 2. The first-order valence-electron chi connectivity index (χ1n) is 8.26. The summed E-state index contributed by atoms with van der Waals surface area (Å²) in [5.74, 6) is 1.45. The van der Waals surface area contributed by atoms with E-state index in [2.05, 4.69) is 16.0 Å². The van der Waals surface area contributed by atoms with Gasteiger partial charge in [0.25, 0.3) is 5.91 Å². The quantitative estimate of drug-likeness (QED) is 0.708. The van der Waals surface area contributed by atoms with Crippen LogP contribution in [0.1, 0.15) is 15.9 Å². The predicted octanol–water partition coefficient (Wildman–Crippen LogP) is 2.68. The lowest BCUT2D eigenvalue weighted by Gasteiger charge is -2.11. The van der Waals surface area contributed by atoms with Crippen molar-refractivity contribution >= 4 is 41.7 Å². The Morgan fingerprint density at radius 1 is 1.08 bits per heavy atom. The van der Waals surface area contributed by atoms with Gasteiger partial charge in [-0.15, -0.1) is 24.2 Å². The number of benzene rings is 2. The summed E-state index contributed by atoms with van der Waals surface area (Å²) in [5, 5.41) is 8.91. The van der Waals surface area contributed by atoms with Crippen LogP contribution in [0, 0.1) is 0 Å². The zero-order valence-corrected chi connectivity index (χ0v) is 15.9. The van der Waals surface area contributed by atoms with Crippen molar-refractivity contribution in [1.82, 2.24) is 10.6 Å². The molecule has 1 unspecified atom stereocenters. The van der Waals surface area contributed by atoms with Gasteiger partial charge in [0, 0.05) is 29.4 Å². The van der Waals surface area contributed by atoms with Gasteiger partial charge >= 0.3 is 0 Å². The first-order valence-corrected chi connectivity index (χ1v) is 9.42. The van der Waals surface area contributed by atoms with Gasteiger partial charge < -0.3 is 10.6 Å². The molecule has 5 nitrogen and oxygen atoms in total. The SMILES string of the molecule is Cl.O=C(NCCc1ccccc1)c1ccc(NC(=O)C2CSCN2)cc1. The van der Waals surface area contributed by atoms with Gasteiger partial charge in [0.05, 0.1) is 6.04 Å². The average molecular weight is 392 g/mol. The summed E-state index contributed by atoms with van der Waals surface area (Å²) in [6.45, 7) is 0.590. The third-order valence-corrected chi connectivity index (χ3v) is 4.93. The Morgan fingerprint density at radius 3 is 2.46 bits per heavy atom. The highest BCUT2D eigenvalue weighted by molar-refractivity contribution is 7.99. The number of nitrogens with one attached hydrogen (secondary N) is 3. The molecule has 3 rings (SSSR count). The second-order valence-electron chi connectivity index (χ2n) is 5.83. The van der Waals surface area contributed by atoms with Crippen LogP contribution in [0.25, 0.3) is 0 Å². The summed E-state index contributed by atoms with van der Waals surface area (Å²) >= 11 is 1.71. The molecule has 2 aromatic carbocycles. The van der Waals surface area contributed by atoms with E-state index >= 15 is 0 Å². The molecule has 1 heterocycles. The first-order chi connectivity index (χ1) is 12.2. The van der Waals surface area contributed by atoms with Gasteiger partial charge in [-0.1, -0.05) is 30.3 Å². The molecule has 0 bridgehead atoms. The second-order valence-corrected chi connectivity index (χ2v) is 6.86. The molecule has 1 aliphatic rings. The first kappa shape index (κ1) is 20.3. The third kappa shape index (κ3) is 5.76. The molecule has 0 saturated carbocycles. The van der Waals surface area contributed by atoms with E-state index in [1.807, 2.05) is 30.3 Å². The van der Waals surface area contributed by atoms with E-state index in [1.54, 1.807) is 36.0 Å². The Labute approximate surface area is 163 Å². The van der Waals surface area contributed by atoms with Crippen LogP contribution in [0.5, 0.6) is 0 Å². The Bertz CT molecular complexity index is 719. The van der Waals surface area contributed by atoms with Crippen molar-refractivity contribution in [3.05, 3.63) is 65.7 Å². The monoisotopic (exact) mass is 391 g/mol. The van der Waals surface area contributed by atoms with E-state index in [1.165, 1.54) is 5.56 Å². The normalized spacial score (nSPS) is 15.8. The van der Waals surface area contributed by atoms with Gasteiger partial charge in [-0.2, -0.15) is 0 Å². The fraction of sp³-hybridized carbons (Fsp3) is 0.263. The molecule has 0 aromatic heterocycles. The van der Waals surface area contributed by atoms with Crippen molar-refractivity contribution < 1.29 is 9.59 Å². The largest absolute Gasteiger partial charge is 0.352 e. The predicted molar refractivity (Wildman–Crippen MR) is 109 cm³/mol. The zero-order chi connectivity index (χ0) is 17.5. The minimum Gasteiger partial charge on any atom is -0.352 e. The van der Waals surface area contributed by atoms with Gasteiger partial charge in [-0.3, -0.25) is 14.9 Å². The van der Waals surface area contributed by atoms with Crippen LogP contribution in [0.4, 0.5) is 5.69 Å². The van der Waals surface area contributed by atoms with Crippen LogP contribution in [-0.2, 0) is 11.2 Å². The maximum atomic E-state index is 12.2. The van der Waals surface area contributed by atoms with E-state index < -0.39 is 0 Å². The topological polar surface area (TPSA) is 70.2 Å². The third-order valence-electron chi connectivity index (χ3n) is 3.99. The van der Waals surface area contributed by atoms with Gasteiger partial charge in [-0.05, 0) is 36.2 Å². The van der Waals surface area contributed by atoms with Crippen molar-refractivity contribution in [2.75, 3.05) is 23.5 Å². The van der Waals surface area contributed by atoms with Crippen LogP contribution < -0.4 is 16.0 Å². The summed E-state index contributed by atoms with van der Waals surface area (Å²) in [4.78, 5) is 24.2. The van der Waals surface area contributed by atoms with Crippen molar-refractivity contribution in [1.29, 1.82) is 0 Å². The van der Waals surface area contributed by atoms with Gasteiger partial charge in [0.2, 0.25) is 5.91 Å². The van der Waals surface area contributed by atoms with Crippen LogP contribution in [0.3, 0.4) is 0 Å². The molecule has 1 aliphatic heterocycles. The molecule has 26 heavy (non-hydrogen) atoms. The molecular formula is C19H22ClN3O2S. The lowest BCUT2D eigenvalue weighted by molar-refractivity contribution is -0.117. The number of hydrogen-bond donors (Lipinski definition) is 3. The molecule has 3 N–H and O–H groups in total. The molecule has 0 spiro atoms. The molecule has 2 amide bonds. The minimum absolute atomic E-state index is 0.